The van der Waals surface area contributed by atoms with E-state index < -0.39 is 0 Å². The van der Waals surface area contributed by atoms with Crippen molar-refractivity contribution in [1.29, 1.82) is 0 Å². The number of thiazole rings is 1. The van der Waals surface area contributed by atoms with Gasteiger partial charge in [-0.05, 0) is 31.5 Å². The molecule has 15 heavy (non-hydrogen) atoms. The molecule has 3 nitrogen and oxygen atoms in total. The van der Waals surface area contributed by atoms with Crippen molar-refractivity contribution < 1.29 is 4.74 Å². The van der Waals surface area contributed by atoms with Crippen LogP contribution < -0.4 is 10.1 Å². The van der Waals surface area contributed by atoms with Crippen LogP contribution in [0.4, 0.5) is 5.13 Å². The molecule has 1 N–H and O–H groups in total. The first-order valence-electron chi connectivity index (χ1n) is 4.96. The monoisotopic (exact) mass is 222 g/mol. The quantitative estimate of drug-likeness (QED) is 0.866. The Morgan fingerprint density at radius 1 is 1.47 bits per heavy atom. The van der Waals surface area contributed by atoms with Crippen LogP contribution in [0.5, 0.6) is 5.75 Å². The van der Waals surface area contributed by atoms with Crippen LogP contribution >= 0.6 is 11.3 Å². The van der Waals surface area contributed by atoms with E-state index in [9.17, 15) is 0 Å². The lowest BCUT2D eigenvalue weighted by Crippen LogP contribution is -1.93. The Bertz CT molecular complexity index is 479. The highest BCUT2D eigenvalue weighted by atomic mass is 32.1. The molecule has 0 bridgehead atoms. The molecule has 0 atom stereocenters. The van der Waals surface area contributed by atoms with Crippen LogP contribution in [-0.4, -0.2) is 18.6 Å². The molecule has 0 radical (unpaired) electrons. The molecule has 2 aromatic rings. The Kier molecular flexibility index (Phi) is 2.77. The highest BCUT2D eigenvalue weighted by Crippen LogP contribution is 2.31. The molecule has 0 aliphatic rings. The van der Waals surface area contributed by atoms with Crippen molar-refractivity contribution >= 4 is 26.7 Å². The summed E-state index contributed by atoms with van der Waals surface area (Å²) < 4.78 is 6.71. The predicted octanol–water partition coefficient (Wildman–Crippen LogP) is 3.05. The van der Waals surface area contributed by atoms with Gasteiger partial charge in [0.15, 0.2) is 5.13 Å². The van der Waals surface area contributed by atoms with Gasteiger partial charge < -0.3 is 10.1 Å². The normalized spacial score (nSPS) is 10.6. The molecule has 4 heteroatoms. The van der Waals surface area contributed by atoms with Gasteiger partial charge in [-0.1, -0.05) is 11.3 Å². The first-order chi connectivity index (χ1) is 7.24. The molecule has 0 aliphatic carbocycles. The Morgan fingerprint density at radius 2 is 2.27 bits per heavy atom. The van der Waals surface area contributed by atoms with Gasteiger partial charge in [0, 0.05) is 7.05 Å². The summed E-state index contributed by atoms with van der Waals surface area (Å²) in [6, 6.07) is 4.13. The van der Waals surface area contributed by atoms with E-state index in [1.54, 1.807) is 11.3 Å². The number of hydrogen-bond acceptors (Lipinski definition) is 4. The number of ether oxygens (including phenoxy) is 1. The van der Waals surface area contributed by atoms with Crippen molar-refractivity contribution in [3.63, 3.8) is 0 Å². The number of nitrogens with zero attached hydrogens (tertiary/aromatic N) is 1. The van der Waals surface area contributed by atoms with Gasteiger partial charge in [0.2, 0.25) is 0 Å². The Balaban J connectivity index is 2.52. The van der Waals surface area contributed by atoms with E-state index in [4.69, 9.17) is 4.74 Å². The minimum atomic E-state index is 0.698. The van der Waals surface area contributed by atoms with Gasteiger partial charge >= 0.3 is 0 Å². The standard InChI is InChI=1S/C11H14N2OS/c1-4-14-9-6-10-8(5-7(9)2)13-11(12-3)15-10/h5-6H,4H2,1-3H3,(H,12,13). The topological polar surface area (TPSA) is 34.1 Å². The molecule has 0 aliphatic heterocycles. The molecule has 0 saturated carbocycles. The van der Waals surface area contributed by atoms with Crippen LogP contribution in [0.2, 0.25) is 0 Å². The van der Waals surface area contributed by atoms with Crippen molar-refractivity contribution in [2.45, 2.75) is 13.8 Å². The van der Waals surface area contributed by atoms with Crippen LogP contribution in [0.1, 0.15) is 12.5 Å². The minimum absolute atomic E-state index is 0.698. The molecule has 1 heterocycles. The number of hydrogen-bond donors (Lipinski definition) is 1. The molecule has 0 fully saturated rings. The van der Waals surface area contributed by atoms with Crippen molar-refractivity contribution in [3.05, 3.63) is 17.7 Å². The SMILES string of the molecule is CCOc1cc2sc(NC)nc2cc1C. The van der Waals surface area contributed by atoms with Gasteiger partial charge in [0.1, 0.15) is 5.75 Å². The molecular weight excluding hydrogens is 208 g/mol. The fourth-order valence-corrected chi connectivity index (χ4v) is 2.31. The largest absolute Gasteiger partial charge is 0.494 e. The third kappa shape index (κ3) is 1.90. The smallest absolute Gasteiger partial charge is 0.183 e. The number of aryl methyl sites for hydroxylation is 1. The van der Waals surface area contributed by atoms with Gasteiger partial charge in [0.05, 0.1) is 16.8 Å². The van der Waals surface area contributed by atoms with Gasteiger partial charge in [-0.3, -0.25) is 0 Å². The summed E-state index contributed by atoms with van der Waals surface area (Å²) in [4.78, 5) is 4.45. The fraction of sp³-hybridized carbons (Fsp3) is 0.364. The van der Waals surface area contributed by atoms with Gasteiger partial charge in [-0.25, -0.2) is 4.98 Å². The Hall–Kier alpha value is -1.29. The summed E-state index contributed by atoms with van der Waals surface area (Å²) in [6.07, 6.45) is 0. The van der Waals surface area contributed by atoms with E-state index in [-0.39, 0.29) is 0 Å². The zero-order valence-corrected chi connectivity index (χ0v) is 9.94. The van der Waals surface area contributed by atoms with Crippen molar-refractivity contribution in [2.24, 2.45) is 0 Å². The summed E-state index contributed by atoms with van der Waals surface area (Å²) in [5, 5.41) is 4.00. The van der Waals surface area contributed by atoms with E-state index >= 15 is 0 Å². The molecule has 0 amide bonds. The molecule has 1 aromatic carbocycles. The number of benzene rings is 1. The van der Waals surface area contributed by atoms with E-state index in [0.717, 1.165) is 26.7 Å². The second-order valence-corrected chi connectivity index (χ2v) is 4.32. The lowest BCUT2D eigenvalue weighted by Gasteiger charge is -2.05. The average Bonchev–Trinajstić information content (AvgIpc) is 2.61. The third-order valence-electron chi connectivity index (χ3n) is 2.20. The Labute approximate surface area is 93.1 Å². The third-order valence-corrected chi connectivity index (χ3v) is 3.23. The number of aromatic nitrogens is 1. The second-order valence-electron chi connectivity index (χ2n) is 3.29. The van der Waals surface area contributed by atoms with Gasteiger partial charge in [0.25, 0.3) is 0 Å². The van der Waals surface area contributed by atoms with E-state index in [2.05, 4.69) is 22.4 Å². The van der Waals surface area contributed by atoms with E-state index in [0.29, 0.717) is 6.61 Å². The van der Waals surface area contributed by atoms with Crippen molar-refractivity contribution in [1.82, 2.24) is 4.98 Å². The second kappa shape index (κ2) is 4.06. The Morgan fingerprint density at radius 3 is 2.93 bits per heavy atom. The lowest BCUT2D eigenvalue weighted by atomic mass is 10.2. The number of anilines is 1. The van der Waals surface area contributed by atoms with Crippen LogP contribution in [0.3, 0.4) is 0 Å². The highest BCUT2D eigenvalue weighted by molar-refractivity contribution is 7.22. The summed E-state index contributed by atoms with van der Waals surface area (Å²) >= 11 is 1.64. The van der Waals surface area contributed by atoms with Gasteiger partial charge in [-0.2, -0.15) is 0 Å². The lowest BCUT2D eigenvalue weighted by molar-refractivity contribution is 0.338. The maximum absolute atomic E-state index is 5.55. The molecule has 0 saturated heterocycles. The van der Waals surface area contributed by atoms with Crippen LogP contribution in [-0.2, 0) is 0 Å². The first kappa shape index (κ1) is 10.2. The average molecular weight is 222 g/mol. The molecule has 0 unspecified atom stereocenters. The maximum Gasteiger partial charge on any atom is 0.183 e. The molecule has 1 aromatic heterocycles. The summed E-state index contributed by atoms with van der Waals surface area (Å²) in [7, 11) is 1.88. The number of fused-ring (bicyclic) bond motifs is 1. The maximum atomic E-state index is 5.55. The minimum Gasteiger partial charge on any atom is -0.494 e. The zero-order chi connectivity index (χ0) is 10.8. The molecule has 0 spiro atoms. The molecule has 2 rings (SSSR count). The number of nitrogens with one attached hydrogen (secondary N) is 1. The van der Waals surface area contributed by atoms with E-state index in [1.165, 1.54) is 0 Å². The molecule has 80 valence electrons. The highest BCUT2D eigenvalue weighted by Gasteiger charge is 2.06. The summed E-state index contributed by atoms with van der Waals surface area (Å²) in [6.45, 7) is 4.74. The first-order valence-corrected chi connectivity index (χ1v) is 5.78. The summed E-state index contributed by atoms with van der Waals surface area (Å²) in [5.41, 5.74) is 2.17. The van der Waals surface area contributed by atoms with Crippen LogP contribution in [0.15, 0.2) is 12.1 Å². The fourth-order valence-electron chi connectivity index (χ4n) is 1.48. The summed E-state index contributed by atoms with van der Waals surface area (Å²) in [5.74, 6) is 0.955. The number of rotatable bonds is 3. The zero-order valence-electron chi connectivity index (χ0n) is 9.13. The van der Waals surface area contributed by atoms with Gasteiger partial charge in [-0.15, -0.1) is 0 Å². The van der Waals surface area contributed by atoms with Crippen LogP contribution in [0.25, 0.3) is 10.2 Å². The van der Waals surface area contributed by atoms with Crippen LogP contribution in [0, 0.1) is 6.92 Å². The predicted molar refractivity (Wildman–Crippen MR) is 65.1 cm³/mol. The van der Waals surface area contributed by atoms with E-state index in [1.807, 2.05) is 20.9 Å². The van der Waals surface area contributed by atoms with Crippen molar-refractivity contribution in [2.75, 3.05) is 19.0 Å². The van der Waals surface area contributed by atoms with Crippen molar-refractivity contribution in [3.8, 4) is 5.75 Å². The molecular formula is C11H14N2OS.